The van der Waals surface area contributed by atoms with Crippen LogP contribution in [0.15, 0.2) is 18.2 Å². The van der Waals surface area contributed by atoms with Crippen LogP contribution in [0.1, 0.15) is 10.4 Å². The van der Waals surface area contributed by atoms with E-state index in [9.17, 15) is 22.8 Å². The molecule has 20 heavy (non-hydrogen) atoms. The smallest absolute Gasteiger partial charge is 0.350 e. The van der Waals surface area contributed by atoms with E-state index in [1.54, 1.807) is 5.32 Å². The number of alkyl halides is 3. The molecule has 110 valence electrons. The van der Waals surface area contributed by atoms with Crippen molar-refractivity contribution in [2.75, 3.05) is 13.1 Å². The van der Waals surface area contributed by atoms with Crippen molar-refractivity contribution in [3.8, 4) is 0 Å². The number of nitrogens with one attached hydrogen (secondary N) is 2. The zero-order valence-electron chi connectivity index (χ0n) is 9.85. The van der Waals surface area contributed by atoms with E-state index in [0.717, 1.165) is 0 Å². The number of benzene rings is 1. The second-order valence-electron chi connectivity index (χ2n) is 3.63. The van der Waals surface area contributed by atoms with Crippen LogP contribution in [-0.4, -0.2) is 31.1 Å². The number of halogens is 5. The highest BCUT2D eigenvalue weighted by molar-refractivity contribution is 6.35. The van der Waals surface area contributed by atoms with Crippen LogP contribution in [0.4, 0.5) is 13.2 Å². The number of amides is 2. The maximum atomic E-state index is 11.9. The molecule has 1 aromatic rings. The summed E-state index contributed by atoms with van der Waals surface area (Å²) in [5.41, 5.74) is 0.0984. The molecule has 1 aromatic carbocycles. The highest BCUT2D eigenvalue weighted by Crippen LogP contribution is 2.20. The van der Waals surface area contributed by atoms with E-state index < -0.39 is 18.0 Å². The maximum Gasteiger partial charge on any atom is 0.471 e. The molecule has 1 rings (SSSR count). The highest BCUT2D eigenvalue weighted by Gasteiger charge is 2.38. The van der Waals surface area contributed by atoms with Gasteiger partial charge in [0.15, 0.2) is 0 Å². The van der Waals surface area contributed by atoms with Crippen LogP contribution in [0.2, 0.25) is 10.0 Å². The lowest BCUT2D eigenvalue weighted by atomic mass is 10.2. The number of hydrogen-bond acceptors (Lipinski definition) is 2. The SMILES string of the molecule is O=C(NCCNC(=O)C(F)(F)F)c1cc(Cl)ccc1Cl. The summed E-state index contributed by atoms with van der Waals surface area (Å²) in [5, 5.41) is 4.38. The lowest BCUT2D eigenvalue weighted by Crippen LogP contribution is -2.41. The summed E-state index contributed by atoms with van der Waals surface area (Å²) in [6.07, 6.45) is -4.94. The molecular weight excluding hydrogens is 320 g/mol. The van der Waals surface area contributed by atoms with Crippen LogP contribution in [0.25, 0.3) is 0 Å². The fourth-order valence-electron chi connectivity index (χ4n) is 1.22. The standard InChI is InChI=1S/C11H9Cl2F3N2O2/c12-6-1-2-8(13)7(5-6)9(19)17-3-4-18-10(20)11(14,15)16/h1-2,5H,3-4H2,(H,17,19)(H,18,20). The largest absolute Gasteiger partial charge is 0.471 e. The molecule has 0 saturated heterocycles. The number of carbonyl (C=O) groups is 2. The molecule has 0 atom stereocenters. The highest BCUT2D eigenvalue weighted by atomic mass is 35.5. The van der Waals surface area contributed by atoms with E-state index in [0.29, 0.717) is 5.02 Å². The van der Waals surface area contributed by atoms with Gasteiger partial charge in [-0.1, -0.05) is 23.2 Å². The molecule has 4 nitrogen and oxygen atoms in total. The first kappa shape index (κ1) is 16.6. The molecular formula is C11H9Cl2F3N2O2. The molecule has 9 heteroatoms. The van der Waals surface area contributed by atoms with Crippen LogP contribution >= 0.6 is 23.2 Å². The van der Waals surface area contributed by atoms with Crippen molar-refractivity contribution < 1.29 is 22.8 Å². The van der Waals surface area contributed by atoms with Crippen LogP contribution < -0.4 is 10.6 Å². The van der Waals surface area contributed by atoms with Gasteiger partial charge in [-0.2, -0.15) is 13.2 Å². The van der Waals surface area contributed by atoms with Crippen molar-refractivity contribution >= 4 is 35.0 Å². The predicted octanol–water partition coefficient (Wildman–Crippen LogP) is 2.40. The lowest BCUT2D eigenvalue weighted by molar-refractivity contribution is -0.173. The minimum atomic E-state index is -4.94. The Hall–Kier alpha value is -1.47. The molecule has 0 spiro atoms. The average molecular weight is 329 g/mol. The van der Waals surface area contributed by atoms with Gasteiger partial charge in [-0.3, -0.25) is 9.59 Å². The van der Waals surface area contributed by atoms with Crippen molar-refractivity contribution in [3.63, 3.8) is 0 Å². The summed E-state index contributed by atoms with van der Waals surface area (Å²) in [5.74, 6) is -2.66. The third-order valence-corrected chi connectivity index (χ3v) is 2.69. The van der Waals surface area contributed by atoms with Crippen molar-refractivity contribution in [2.45, 2.75) is 6.18 Å². The molecule has 0 aliphatic heterocycles. The van der Waals surface area contributed by atoms with E-state index in [2.05, 4.69) is 5.32 Å². The van der Waals surface area contributed by atoms with Crippen LogP contribution in [0, 0.1) is 0 Å². The number of hydrogen-bond donors (Lipinski definition) is 2. The van der Waals surface area contributed by atoms with Gasteiger partial charge >= 0.3 is 12.1 Å². The Balaban J connectivity index is 2.45. The van der Waals surface area contributed by atoms with E-state index in [4.69, 9.17) is 23.2 Å². The summed E-state index contributed by atoms with van der Waals surface area (Å²) in [6.45, 7) is -0.536. The quantitative estimate of drug-likeness (QED) is 0.834. The molecule has 0 bridgehead atoms. The Morgan fingerprint density at radius 3 is 2.30 bits per heavy atom. The Bertz CT molecular complexity index is 521. The Morgan fingerprint density at radius 1 is 1.10 bits per heavy atom. The Labute approximate surface area is 122 Å². The zero-order chi connectivity index (χ0) is 15.3. The van der Waals surface area contributed by atoms with Crippen molar-refractivity contribution in [2.24, 2.45) is 0 Å². The molecule has 0 radical (unpaired) electrons. The van der Waals surface area contributed by atoms with Crippen LogP contribution in [-0.2, 0) is 4.79 Å². The molecule has 0 heterocycles. The van der Waals surface area contributed by atoms with Crippen molar-refractivity contribution in [3.05, 3.63) is 33.8 Å². The molecule has 0 aliphatic carbocycles. The molecule has 0 fully saturated rings. The monoisotopic (exact) mass is 328 g/mol. The predicted molar refractivity (Wildman–Crippen MR) is 67.9 cm³/mol. The van der Waals surface area contributed by atoms with Gasteiger partial charge in [0, 0.05) is 18.1 Å². The van der Waals surface area contributed by atoms with E-state index in [1.165, 1.54) is 18.2 Å². The summed E-state index contributed by atoms with van der Waals surface area (Å²) in [7, 11) is 0. The topological polar surface area (TPSA) is 58.2 Å². The van der Waals surface area contributed by atoms with E-state index in [-0.39, 0.29) is 23.7 Å². The van der Waals surface area contributed by atoms with Crippen molar-refractivity contribution in [1.82, 2.24) is 10.6 Å². The number of rotatable bonds is 4. The van der Waals surface area contributed by atoms with E-state index >= 15 is 0 Å². The van der Waals surface area contributed by atoms with Gasteiger partial charge in [0.2, 0.25) is 0 Å². The summed E-state index contributed by atoms with van der Waals surface area (Å²) in [4.78, 5) is 22.2. The van der Waals surface area contributed by atoms with Gasteiger partial charge in [0.25, 0.3) is 5.91 Å². The van der Waals surface area contributed by atoms with Gasteiger partial charge in [0.05, 0.1) is 10.6 Å². The minimum absolute atomic E-state index is 0.0984. The summed E-state index contributed by atoms with van der Waals surface area (Å²) < 4.78 is 35.6. The Morgan fingerprint density at radius 2 is 1.70 bits per heavy atom. The molecule has 0 aliphatic rings. The first-order valence-electron chi connectivity index (χ1n) is 5.30. The third kappa shape index (κ3) is 4.90. The van der Waals surface area contributed by atoms with E-state index in [1.807, 2.05) is 0 Å². The molecule has 0 unspecified atom stereocenters. The second kappa shape index (κ2) is 6.81. The van der Waals surface area contributed by atoms with Gasteiger partial charge in [0.1, 0.15) is 0 Å². The fourth-order valence-corrected chi connectivity index (χ4v) is 1.59. The first-order chi connectivity index (χ1) is 9.21. The Kier molecular flexibility index (Phi) is 5.64. The number of carbonyl (C=O) groups excluding carboxylic acids is 2. The summed E-state index contributed by atoms with van der Waals surface area (Å²) in [6, 6.07) is 4.24. The fraction of sp³-hybridized carbons (Fsp3) is 0.273. The summed E-state index contributed by atoms with van der Waals surface area (Å²) >= 11 is 11.5. The zero-order valence-corrected chi connectivity index (χ0v) is 11.4. The normalized spacial score (nSPS) is 11.1. The molecule has 2 N–H and O–H groups in total. The lowest BCUT2D eigenvalue weighted by Gasteiger charge is -2.09. The maximum absolute atomic E-state index is 11.9. The van der Waals surface area contributed by atoms with Gasteiger partial charge in [-0.15, -0.1) is 0 Å². The first-order valence-corrected chi connectivity index (χ1v) is 6.05. The molecule has 2 amide bonds. The van der Waals surface area contributed by atoms with Gasteiger partial charge in [-0.05, 0) is 18.2 Å². The molecule has 0 saturated carbocycles. The van der Waals surface area contributed by atoms with Gasteiger partial charge < -0.3 is 10.6 Å². The van der Waals surface area contributed by atoms with Crippen LogP contribution in [0.3, 0.4) is 0 Å². The second-order valence-corrected chi connectivity index (χ2v) is 4.48. The molecule has 0 aromatic heterocycles. The minimum Gasteiger partial charge on any atom is -0.350 e. The van der Waals surface area contributed by atoms with Crippen LogP contribution in [0.5, 0.6) is 0 Å². The van der Waals surface area contributed by atoms with Gasteiger partial charge in [-0.25, -0.2) is 0 Å². The average Bonchev–Trinajstić information content (AvgIpc) is 2.35. The third-order valence-electron chi connectivity index (χ3n) is 2.13. The van der Waals surface area contributed by atoms with Crippen molar-refractivity contribution in [1.29, 1.82) is 0 Å².